The van der Waals surface area contributed by atoms with Gasteiger partial charge in [0.25, 0.3) is 0 Å². The van der Waals surface area contributed by atoms with Crippen LogP contribution in [0.4, 0.5) is 13.2 Å². The number of allylic oxidation sites excluding steroid dienone is 2. The molecule has 0 amide bonds. The average Bonchev–Trinajstić information content (AvgIpc) is 3.33. The maximum atomic E-state index is 13.7. The Hall–Kier alpha value is -3.25. The zero-order valence-electron chi connectivity index (χ0n) is 27.2. The smallest absolute Gasteiger partial charge is 0.229 e. The Balaban J connectivity index is 0.00000199. The number of rotatable bonds is 16. The maximum absolute atomic E-state index is 13.7. The van der Waals surface area contributed by atoms with E-state index in [1.807, 2.05) is 52.2 Å². The summed E-state index contributed by atoms with van der Waals surface area (Å²) in [5.41, 5.74) is 6.79. The minimum absolute atomic E-state index is 0.162. The van der Waals surface area contributed by atoms with Gasteiger partial charge in [0.05, 0.1) is 0 Å². The van der Waals surface area contributed by atoms with Crippen LogP contribution in [-0.2, 0) is 19.4 Å². The van der Waals surface area contributed by atoms with Crippen molar-refractivity contribution in [2.75, 3.05) is 27.6 Å². The van der Waals surface area contributed by atoms with Gasteiger partial charge in [-0.25, -0.2) is 13.2 Å². The van der Waals surface area contributed by atoms with E-state index in [9.17, 15) is 13.2 Å². The highest BCUT2D eigenvalue weighted by Gasteiger charge is 2.26. The number of aryl methyl sites for hydroxylation is 1. The molecule has 43 heavy (non-hydrogen) atoms. The van der Waals surface area contributed by atoms with Crippen molar-refractivity contribution in [2.45, 2.75) is 84.2 Å². The first-order valence-corrected chi connectivity index (χ1v) is 15.5. The maximum Gasteiger partial charge on any atom is 0.229 e. The lowest BCUT2D eigenvalue weighted by atomic mass is 10.0. The van der Waals surface area contributed by atoms with Gasteiger partial charge in [-0.3, -0.25) is 0 Å². The predicted octanol–water partition coefficient (Wildman–Crippen LogP) is 9.72. The van der Waals surface area contributed by atoms with Gasteiger partial charge in [-0.2, -0.15) is 0 Å². The molecule has 3 rings (SSSR count). The van der Waals surface area contributed by atoms with Crippen LogP contribution in [0, 0.1) is 5.82 Å². The van der Waals surface area contributed by atoms with Crippen LogP contribution in [-0.4, -0.2) is 38.5 Å². The van der Waals surface area contributed by atoms with E-state index in [0.717, 1.165) is 50.2 Å². The van der Waals surface area contributed by atoms with Crippen LogP contribution in [0.5, 0.6) is 0 Å². The predicted molar refractivity (Wildman–Crippen MR) is 182 cm³/mol. The highest BCUT2D eigenvalue weighted by molar-refractivity contribution is 5.69. The van der Waals surface area contributed by atoms with Gasteiger partial charge in [0.2, 0.25) is 6.93 Å². The molecule has 0 saturated carbocycles. The van der Waals surface area contributed by atoms with E-state index in [4.69, 9.17) is 0 Å². The minimum Gasteiger partial charge on any atom is -0.389 e. The second kappa shape index (κ2) is 25.3. The number of fused-ring (bicyclic) bond motifs is 1. The molecule has 6 heteroatoms. The first-order valence-electron chi connectivity index (χ1n) is 15.5. The lowest BCUT2D eigenvalue weighted by Crippen LogP contribution is -2.27. The highest BCUT2D eigenvalue weighted by atomic mass is 19.3. The fourth-order valence-corrected chi connectivity index (χ4v) is 4.84. The van der Waals surface area contributed by atoms with Crippen LogP contribution < -0.4 is 10.6 Å². The van der Waals surface area contributed by atoms with Crippen LogP contribution in [0.1, 0.15) is 81.0 Å². The lowest BCUT2D eigenvalue weighted by Gasteiger charge is -2.27. The molecule has 2 aromatic carbocycles. The zero-order valence-corrected chi connectivity index (χ0v) is 27.2. The van der Waals surface area contributed by atoms with Crippen LogP contribution in [0.2, 0.25) is 0 Å². The molecular weight excluding hydrogens is 543 g/mol. The van der Waals surface area contributed by atoms with Gasteiger partial charge in [-0.05, 0) is 69.0 Å². The van der Waals surface area contributed by atoms with Gasteiger partial charge >= 0.3 is 0 Å². The number of hydrogen-bond acceptors (Lipinski definition) is 3. The molecular formula is C37H56F3N3. The molecule has 0 aromatic heterocycles. The molecule has 1 atom stereocenters. The zero-order chi connectivity index (χ0) is 32.5. The van der Waals surface area contributed by atoms with Crippen molar-refractivity contribution < 1.29 is 13.2 Å². The Bertz CT molecular complexity index is 1060. The van der Waals surface area contributed by atoms with Gasteiger partial charge in [0, 0.05) is 42.5 Å². The second-order valence-corrected chi connectivity index (χ2v) is 10.2. The van der Waals surface area contributed by atoms with E-state index in [2.05, 4.69) is 60.0 Å². The van der Waals surface area contributed by atoms with Crippen LogP contribution >= 0.6 is 0 Å². The third-order valence-corrected chi connectivity index (χ3v) is 6.89. The van der Waals surface area contributed by atoms with Gasteiger partial charge in [-0.15, -0.1) is 13.2 Å². The van der Waals surface area contributed by atoms with Gasteiger partial charge in [-0.1, -0.05) is 94.8 Å². The first kappa shape index (κ1) is 39.8. The summed E-state index contributed by atoms with van der Waals surface area (Å²) >= 11 is 0. The molecule has 2 N–H and O–H groups in total. The SMILES string of the molecule is C=CCCC(C=C)N1Cc2cc(CCCCCCCNC(=C)Cc3ccccc3F)ccc2C1=C.CC.CNC.FCF. The Morgan fingerprint density at radius 2 is 1.63 bits per heavy atom. The summed E-state index contributed by atoms with van der Waals surface area (Å²) in [6.45, 7) is 20.4. The van der Waals surface area contributed by atoms with Crippen molar-refractivity contribution in [3.05, 3.63) is 115 Å². The van der Waals surface area contributed by atoms with Crippen molar-refractivity contribution in [1.29, 1.82) is 0 Å². The topological polar surface area (TPSA) is 27.3 Å². The van der Waals surface area contributed by atoms with Gasteiger partial charge < -0.3 is 15.5 Å². The Kier molecular flexibility index (Phi) is 23.4. The number of hydrogen-bond donors (Lipinski definition) is 2. The molecule has 1 aliphatic heterocycles. The Labute approximate surface area is 260 Å². The number of nitrogens with zero attached hydrogens (tertiary/aromatic N) is 1. The molecule has 0 bridgehead atoms. The van der Waals surface area contributed by atoms with Gasteiger partial charge in [0.15, 0.2) is 0 Å². The van der Waals surface area contributed by atoms with E-state index in [1.165, 1.54) is 48.4 Å². The van der Waals surface area contributed by atoms with Crippen LogP contribution in [0.3, 0.4) is 0 Å². The number of benzene rings is 2. The fourth-order valence-electron chi connectivity index (χ4n) is 4.84. The van der Waals surface area contributed by atoms with Crippen molar-refractivity contribution in [3.63, 3.8) is 0 Å². The molecule has 0 saturated heterocycles. The van der Waals surface area contributed by atoms with Crippen molar-refractivity contribution in [2.24, 2.45) is 0 Å². The molecule has 0 radical (unpaired) electrons. The molecule has 2 aromatic rings. The van der Waals surface area contributed by atoms with E-state index in [0.29, 0.717) is 18.0 Å². The molecule has 240 valence electrons. The first-order chi connectivity index (χ1) is 20.9. The van der Waals surface area contributed by atoms with E-state index >= 15 is 0 Å². The van der Waals surface area contributed by atoms with Crippen molar-refractivity contribution >= 4 is 5.70 Å². The molecule has 1 unspecified atom stereocenters. The number of unbranched alkanes of at least 4 members (excludes halogenated alkanes) is 4. The Morgan fingerprint density at radius 3 is 2.26 bits per heavy atom. The van der Waals surface area contributed by atoms with Crippen LogP contribution in [0.15, 0.2) is 86.6 Å². The van der Waals surface area contributed by atoms with Crippen LogP contribution in [0.25, 0.3) is 5.70 Å². The molecule has 0 aliphatic carbocycles. The van der Waals surface area contributed by atoms with E-state index in [1.54, 1.807) is 6.07 Å². The molecule has 1 aliphatic rings. The minimum atomic E-state index is -1.75. The molecule has 1 heterocycles. The largest absolute Gasteiger partial charge is 0.389 e. The Morgan fingerprint density at radius 1 is 1.00 bits per heavy atom. The van der Waals surface area contributed by atoms with E-state index < -0.39 is 6.93 Å². The summed E-state index contributed by atoms with van der Waals surface area (Å²) in [5, 5.41) is 6.10. The summed E-state index contributed by atoms with van der Waals surface area (Å²) < 4.78 is 33.0. The third kappa shape index (κ3) is 15.7. The lowest BCUT2D eigenvalue weighted by molar-refractivity contribution is 0.295. The average molecular weight is 600 g/mol. The number of nitrogens with one attached hydrogen (secondary N) is 2. The molecule has 0 spiro atoms. The number of alkyl halides is 2. The van der Waals surface area contributed by atoms with Crippen molar-refractivity contribution in [3.8, 4) is 0 Å². The standard InChI is InChI=1S/C32H41FN2.C2H7N.C2H6.CH2F2/c1-5-7-17-30(6-2)35-24-29-23-27(19-20-31(29)26(35)4)15-11-9-8-10-14-21-34-25(3)22-28-16-12-13-18-32(28)33;1-3-2;1-2;2-1-3/h5-6,12-13,16,18-20,23,30,34H,1-4,7-11,14-15,17,21-22,24H2;3H,1-2H3;1-2H3;1H2. The second-order valence-electron chi connectivity index (χ2n) is 10.2. The summed E-state index contributed by atoms with van der Waals surface area (Å²) in [7, 11) is 3.75. The monoisotopic (exact) mass is 599 g/mol. The summed E-state index contributed by atoms with van der Waals surface area (Å²) in [5.74, 6) is -0.162. The third-order valence-electron chi connectivity index (χ3n) is 6.89. The summed E-state index contributed by atoms with van der Waals surface area (Å²) in [6.07, 6.45) is 13.7. The summed E-state index contributed by atoms with van der Waals surface area (Å²) in [4.78, 5) is 2.38. The molecule has 3 nitrogen and oxygen atoms in total. The quantitative estimate of drug-likeness (QED) is 0.149. The summed E-state index contributed by atoms with van der Waals surface area (Å²) in [6, 6.07) is 14.1. The van der Waals surface area contributed by atoms with Crippen molar-refractivity contribution in [1.82, 2.24) is 15.5 Å². The molecule has 0 fully saturated rings. The normalized spacial score (nSPS) is 11.9. The number of halogens is 3. The van der Waals surface area contributed by atoms with Gasteiger partial charge in [0.1, 0.15) is 5.82 Å². The highest BCUT2D eigenvalue weighted by Crippen LogP contribution is 2.35. The fraction of sp³-hybridized carbons (Fsp3) is 0.459. The van der Waals surface area contributed by atoms with E-state index in [-0.39, 0.29) is 5.82 Å².